The Morgan fingerprint density at radius 3 is 2.67 bits per heavy atom. The third-order valence-corrected chi connectivity index (χ3v) is 3.02. The van der Waals surface area contributed by atoms with Gasteiger partial charge in [0.05, 0.1) is 6.04 Å². The van der Waals surface area contributed by atoms with Gasteiger partial charge in [0, 0.05) is 6.42 Å². The predicted molar refractivity (Wildman–Crippen MR) is 63.4 cm³/mol. The molecule has 1 rings (SSSR count). The third kappa shape index (κ3) is 3.27. The Morgan fingerprint density at radius 1 is 1.44 bits per heavy atom. The molecule has 0 aromatic carbocycles. The predicted octanol–water partition coefficient (Wildman–Crippen LogP) is -0.955. The maximum atomic E-state index is 11.8. The molecule has 1 heterocycles. The molecule has 0 spiro atoms. The molecule has 2 amide bonds. The summed E-state index contributed by atoms with van der Waals surface area (Å²) in [5.74, 6) is -2.23. The third-order valence-electron chi connectivity index (χ3n) is 3.02. The molecule has 7 heteroatoms. The van der Waals surface area contributed by atoms with E-state index < -0.39 is 29.9 Å². The van der Waals surface area contributed by atoms with Crippen molar-refractivity contribution in [3.05, 3.63) is 0 Å². The molecule has 102 valence electrons. The summed E-state index contributed by atoms with van der Waals surface area (Å²) >= 11 is 0. The highest BCUT2D eigenvalue weighted by molar-refractivity contribution is 6.03. The van der Waals surface area contributed by atoms with Gasteiger partial charge in [-0.25, -0.2) is 4.79 Å². The smallest absolute Gasteiger partial charge is 0.326 e. The fourth-order valence-corrected chi connectivity index (χ4v) is 2.00. The highest BCUT2D eigenvalue weighted by Crippen LogP contribution is 2.18. The number of likely N-dealkylation sites (tertiary alicyclic amines) is 1. The number of hydrogen-bond acceptors (Lipinski definition) is 5. The van der Waals surface area contributed by atoms with Crippen LogP contribution in [0.25, 0.3) is 0 Å². The van der Waals surface area contributed by atoms with Crippen molar-refractivity contribution in [2.45, 2.75) is 44.2 Å². The van der Waals surface area contributed by atoms with E-state index in [0.29, 0.717) is 19.4 Å². The van der Waals surface area contributed by atoms with Gasteiger partial charge in [0.25, 0.3) is 0 Å². The van der Waals surface area contributed by atoms with E-state index in [-0.39, 0.29) is 19.3 Å². The molecule has 1 fully saturated rings. The van der Waals surface area contributed by atoms with E-state index in [2.05, 4.69) is 0 Å². The normalized spacial score (nSPS) is 22.1. The Morgan fingerprint density at radius 2 is 2.11 bits per heavy atom. The van der Waals surface area contributed by atoms with Crippen molar-refractivity contribution in [2.75, 3.05) is 6.54 Å². The first-order valence-corrected chi connectivity index (χ1v) is 6.03. The number of imide groups is 1. The van der Waals surface area contributed by atoms with Crippen molar-refractivity contribution in [2.24, 2.45) is 11.5 Å². The zero-order chi connectivity index (χ0) is 13.7. The molecule has 1 saturated heterocycles. The molecule has 1 aliphatic rings. The Bertz CT molecular complexity index is 345. The fourth-order valence-electron chi connectivity index (χ4n) is 2.00. The van der Waals surface area contributed by atoms with Crippen LogP contribution in [-0.2, 0) is 14.4 Å². The minimum atomic E-state index is -1.18. The first kappa shape index (κ1) is 14.6. The number of amides is 2. The highest BCUT2D eigenvalue weighted by Gasteiger charge is 2.39. The largest absolute Gasteiger partial charge is 0.480 e. The molecule has 18 heavy (non-hydrogen) atoms. The van der Waals surface area contributed by atoms with E-state index in [1.54, 1.807) is 0 Å². The molecule has 0 saturated carbocycles. The zero-order valence-corrected chi connectivity index (χ0v) is 10.2. The van der Waals surface area contributed by atoms with Crippen molar-refractivity contribution in [3.63, 3.8) is 0 Å². The van der Waals surface area contributed by atoms with Gasteiger partial charge in [-0.05, 0) is 32.2 Å². The molecule has 0 radical (unpaired) electrons. The molecular formula is C11H19N3O4. The molecule has 0 aliphatic carbocycles. The van der Waals surface area contributed by atoms with E-state index >= 15 is 0 Å². The van der Waals surface area contributed by atoms with Crippen molar-refractivity contribution in [3.8, 4) is 0 Å². The van der Waals surface area contributed by atoms with Crippen LogP contribution >= 0.6 is 0 Å². The number of carbonyl (C=O) groups is 3. The summed E-state index contributed by atoms with van der Waals surface area (Å²) in [6.07, 6.45) is 1.83. The van der Waals surface area contributed by atoms with Gasteiger partial charge in [0.1, 0.15) is 6.04 Å². The van der Waals surface area contributed by atoms with Crippen molar-refractivity contribution < 1.29 is 19.5 Å². The number of piperidine rings is 1. The van der Waals surface area contributed by atoms with Gasteiger partial charge in [-0.3, -0.25) is 14.5 Å². The second-order valence-corrected chi connectivity index (χ2v) is 4.39. The molecule has 0 aromatic rings. The van der Waals surface area contributed by atoms with Gasteiger partial charge in [-0.1, -0.05) is 0 Å². The number of unbranched alkanes of at least 4 members (excludes halogenated alkanes) is 1. The van der Waals surface area contributed by atoms with Crippen LogP contribution in [0.4, 0.5) is 0 Å². The second-order valence-electron chi connectivity index (χ2n) is 4.39. The average molecular weight is 257 g/mol. The first-order valence-electron chi connectivity index (χ1n) is 6.03. The van der Waals surface area contributed by atoms with Crippen LogP contribution in [0.15, 0.2) is 0 Å². The lowest BCUT2D eigenvalue weighted by atomic mass is 10.00. The molecule has 5 N–H and O–H groups in total. The lowest BCUT2D eigenvalue weighted by molar-refractivity contribution is -0.161. The molecule has 2 atom stereocenters. The van der Waals surface area contributed by atoms with Gasteiger partial charge in [0.15, 0.2) is 0 Å². The number of nitrogens with two attached hydrogens (primary N) is 2. The Kier molecular flexibility index (Phi) is 5.24. The van der Waals surface area contributed by atoms with Gasteiger partial charge in [0.2, 0.25) is 11.8 Å². The number of aliphatic carboxylic acids is 1. The van der Waals surface area contributed by atoms with Gasteiger partial charge in [-0.15, -0.1) is 0 Å². The molecule has 0 aromatic heterocycles. The summed E-state index contributed by atoms with van der Waals surface area (Å²) in [6.45, 7) is 0.452. The van der Waals surface area contributed by atoms with Gasteiger partial charge in [-0.2, -0.15) is 0 Å². The second kappa shape index (κ2) is 6.46. The number of nitrogens with zero attached hydrogens (tertiary/aromatic N) is 1. The SMILES string of the molecule is NCCCC[C@@H](C(=O)O)N1C(=O)CCC(N)C1=O. The van der Waals surface area contributed by atoms with Gasteiger partial charge >= 0.3 is 5.97 Å². The summed E-state index contributed by atoms with van der Waals surface area (Å²) in [4.78, 5) is 35.5. The first-order chi connectivity index (χ1) is 8.49. The van der Waals surface area contributed by atoms with Crippen molar-refractivity contribution in [1.29, 1.82) is 0 Å². The quantitative estimate of drug-likeness (QED) is 0.415. The molecule has 1 aliphatic heterocycles. The summed E-state index contributed by atoms with van der Waals surface area (Å²) in [7, 11) is 0. The Hall–Kier alpha value is -1.47. The summed E-state index contributed by atoms with van der Waals surface area (Å²) in [5.41, 5.74) is 10.9. The minimum Gasteiger partial charge on any atom is -0.480 e. The monoisotopic (exact) mass is 257 g/mol. The summed E-state index contributed by atoms with van der Waals surface area (Å²) < 4.78 is 0. The number of carboxylic acids is 1. The highest BCUT2D eigenvalue weighted by atomic mass is 16.4. The van der Waals surface area contributed by atoms with Crippen LogP contribution in [0.5, 0.6) is 0 Å². The molecule has 0 bridgehead atoms. The molecular weight excluding hydrogens is 238 g/mol. The molecule has 1 unspecified atom stereocenters. The van der Waals surface area contributed by atoms with E-state index in [4.69, 9.17) is 16.6 Å². The standard InChI is InChI=1S/C11H19N3O4/c12-6-2-1-3-8(11(17)18)14-9(15)5-4-7(13)10(14)16/h7-8H,1-6,12-13H2,(H,17,18)/t7?,8-/m0/s1. The van der Waals surface area contributed by atoms with Crippen molar-refractivity contribution in [1.82, 2.24) is 4.90 Å². The van der Waals surface area contributed by atoms with E-state index in [0.717, 1.165) is 4.90 Å². The minimum absolute atomic E-state index is 0.119. The Labute approximate surface area is 105 Å². The number of carboxylic acid groups (broad SMARTS) is 1. The number of carbonyl (C=O) groups excluding carboxylic acids is 2. The van der Waals surface area contributed by atoms with E-state index in [1.807, 2.05) is 0 Å². The lowest BCUT2D eigenvalue weighted by Gasteiger charge is -2.33. The Balaban J connectivity index is 2.79. The average Bonchev–Trinajstić information content (AvgIpc) is 2.32. The van der Waals surface area contributed by atoms with Crippen molar-refractivity contribution >= 4 is 17.8 Å². The van der Waals surface area contributed by atoms with Gasteiger partial charge < -0.3 is 16.6 Å². The lowest BCUT2D eigenvalue weighted by Crippen LogP contribution is -2.57. The maximum absolute atomic E-state index is 11.8. The summed E-state index contributed by atoms with van der Waals surface area (Å²) in [6, 6.07) is -1.90. The maximum Gasteiger partial charge on any atom is 0.326 e. The van der Waals surface area contributed by atoms with Crippen LogP contribution in [-0.4, -0.2) is 46.4 Å². The van der Waals surface area contributed by atoms with Crippen LogP contribution in [0, 0.1) is 0 Å². The number of rotatable bonds is 6. The fraction of sp³-hybridized carbons (Fsp3) is 0.727. The molecule has 7 nitrogen and oxygen atoms in total. The van der Waals surface area contributed by atoms with Crippen LogP contribution in [0.2, 0.25) is 0 Å². The number of hydrogen-bond donors (Lipinski definition) is 3. The zero-order valence-electron chi connectivity index (χ0n) is 10.2. The summed E-state index contributed by atoms with van der Waals surface area (Å²) in [5, 5.41) is 9.13. The van der Waals surface area contributed by atoms with E-state index in [9.17, 15) is 14.4 Å². The van der Waals surface area contributed by atoms with Crippen LogP contribution in [0.1, 0.15) is 32.1 Å². The topological polar surface area (TPSA) is 127 Å². The van der Waals surface area contributed by atoms with Crippen LogP contribution in [0.3, 0.4) is 0 Å². The van der Waals surface area contributed by atoms with Crippen LogP contribution < -0.4 is 11.5 Å². The van der Waals surface area contributed by atoms with E-state index in [1.165, 1.54) is 0 Å².